The van der Waals surface area contributed by atoms with Crippen LogP contribution in [0.5, 0.6) is 0 Å². The predicted octanol–water partition coefficient (Wildman–Crippen LogP) is -0.419. The van der Waals surface area contributed by atoms with Gasteiger partial charge in [-0.3, -0.25) is 5.10 Å². The van der Waals surface area contributed by atoms with Crippen LogP contribution in [0.2, 0.25) is 0 Å². The highest BCUT2D eigenvalue weighted by atomic mass is 32.2. The third kappa shape index (κ3) is 3.29. The normalized spacial score (nSPS) is 21.4. The van der Waals surface area contributed by atoms with Crippen LogP contribution < -0.4 is 10.0 Å². The number of hydrogen-bond donors (Lipinski definition) is 3. The molecule has 0 amide bonds. The van der Waals surface area contributed by atoms with Crippen LogP contribution in [0.25, 0.3) is 0 Å². The Labute approximate surface area is 94.9 Å². The first-order valence-electron chi connectivity index (χ1n) is 5.34. The van der Waals surface area contributed by atoms with Gasteiger partial charge >= 0.3 is 0 Å². The number of aromatic amines is 1. The first-order valence-corrected chi connectivity index (χ1v) is 6.99. The number of sulfonamides is 1. The van der Waals surface area contributed by atoms with E-state index in [9.17, 15) is 8.42 Å². The van der Waals surface area contributed by atoms with E-state index in [1.165, 1.54) is 0 Å². The highest BCUT2D eigenvalue weighted by molar-refractivity contribution is 7.89. The second kappa shape index (κ2) is 4.94. The summed E-state index contributed by atoms with van der Waals surface area (Å²) in [6, 6.07) is 0.0989. The molecule has 1 atom stereocenters. The summed E-state index contributed by atoms with van der Waals surface area (Å²) in [7, 11) is -3.20. The molecule has 0 aromatic carbocycles. The van der Waals surface area contributed by atoms with E-state index in [2.05, 4.69) is 20.2 Å². The molecule has 0 aliphatic carbocycles. The number of H-pyrrole nitrogens is 1. The van der Waals surface area contributed by atoms with Crippen molar-refractivity contribution >= 4 is 10.0 Å². The van der Waals surface area contributed by atoms with Gasteiger partial charge < -0.3 is 5.32 Å². The lowest BCUT2D eigenvalue weighted by molar-refractivity contribution is 0.563. The first kappa shape index (κ1) is 11.6. The van der Waals surface area contributed by atoms with Crippen molar-refractivity contribution in [1.29, 1.82) is 0 Å². The van der Waals surface area contributed by atoms with Crippen molar-refractivity contribution < 1.29 is 8.42 Å². The van der Waals surface area contributed by atoms with Gasteiger partial charge in [0.05, 0.1) is 11.9 Å². The molecule has 1 aromatic heterocycles. The maximum absolute atomic E-state index is 11.7. The molecule has 1 fully saturated rings. The summed E-state index contributed by atoms with van der Waals surface area (Å²) < 4.78 is 26.0. The van der Waals surface area contributed by atoms with Gasteiger partial charge in [-0.25, -0.2) is 13.1 Å². The molecule has 6 nitrogen and oxygen atoms in total. The van der Waals surface area contributed by atoms with E-state index in [1.54, 1.807) is 12.4 Å². The van der Waals surface area contributed by atoms with Crippen LogP contribution in [0.3, 0.4) is 0 Å². The van der Waals surface area contributed by atoms with Crippen LogP contribution in [0.1, 0.15) is 18.4 Å². The van der Waals surface area contributed by atoms with Gasteiger partial charge in [0.1, 0.15) is 0 Å². The summed E-state index contributed by atoms with van der Waals surface area (Å²) in [4.78, 5) is 0. The second-order valence-corrected chi connectivity index (χ2v) is 5.85. The average Bonchev–Trinajstić information content (AvgIpc) is 2.85. The van der Waals surface area contributed by atoms with E-state index in [-0.39, 0.29) is 11.8 Å². The third-order valence-electron chi connectivity index (χ3n) is 2.63. The van der Waals surface area contributed by atoms with Gasteiger partial charge in [0.15, 0.2) is 0 Å². The van der Waals surface area contributed by atoms with Gasteiger partial charge in [-0.15, -0.1) is 0 Å². The zero-order valence-corrected chi connectivity index (χ0v) is 9.76. The standard InChI is InChI=1S/C9H16N4O2S/c14-16(15,7-9-2-1-3-10-9)13-6-8-4-11-12-5-8/h4-5,9-10,13H,1-3,6-7H2,(H,11,12). The first-order chi connectivity index (χ1) is 7.66. The van der Waals surface area contributed by atoms with Crippen LogP contribution in [0.4, 0.5) is 0 Å². The Morgan fingerprint density at radius 3 is 3.06 bits per heavy atom. The molecule has 0 saturated carbocycles. The molecule has 2 rings (SSSR count). The Morgan fingerprint density at radius 2 is 2.44 bits per heavy atom. The fourth-order valence-electron chi connectivity index (χ4n) is 1.79. The number of nitrogens with zero attached hydrogens (tertiary/aromatic N) is 1. The fraction of sp³-hybridized carbons (Fsp3) is 0.667. The predicted molar refractivity (Wildman–Crippen MR) is 60.2 cm³/mol. The Hall–Kier alpha value is -0.920. The van der Waals surface area contributed by atoms with Crippen molar-refractivity contribution in [3.63, 3.8) is 0 Å². The quantitative estimate of drug-likeness (QED) is 0.656. The van der Waals surface area contributed by atoms with E-state index in [1.807, 2.05) is 0 Å². The summed E-state index contributed by atoms with van der Waals surface area (Å²) in [6.45, 7) is 1.22. The molecule has 1 aliphatic rings. The largest absolute Gasteiger partial charge is 0.313 e. The minimum atomic E-state index is -3.20. The molecule has 2 heterocycles. The van der Waals surface area contributed by atoms with E-state index < -0.39 is 10.0 Å². The van der Waals surface area contributed by atoms with Gasteiger partial charge in [0.2, 0.25) is 10.0 Å². The topological polar surface area (TPSA) is 86.9 Å². The van der Waals surface area contributed by atoms with Crippen LogP contribution in [-0.4, -0.2) is 37.0 Å². The molecule has 1 aromatic rings. The van der Waals surface area contributed by atoms with Crippen molar-refractivity contribution in [2.45, 2.75) is 25.4 Å². The summed E-state index contributed by atoms with van der Waals surface area (Å²) >= 11 is 0. The average molecular weight is 244 g/mol. The van der Waals surface area contributed by atoms with Crippen molar-refractivity contribution in [3.05, 3.63) is 18.0 Å². The van der Waals surface area contributed by atoms with E-state index in [0.717, 1.165) is 24.9 Å². The molecular weight excluding hydrogens is 228 g/mol. The van der Waals surface area contributed by atoms with Crippen LogP contribution in [0.15, 0.2) is 12.4 Å². The lowest BCUT2D eigenvalue weighted by Crippen LogP contribution is -2.36. The van der Waals surface area contributed by atoms with E-state index >= 15 is 0 Å². The molecule has 1 aliphatic heterocycles. The highest BCUT2D eigenvalue weighted by Crippen LogP contribution is 2.07. The molecule has 3 N–H and O–H groups in total. The van der Waals surface area contributed by atoms with Gasteiger partial charge in [0, 0.05) is 24.3 Å². The molecule has 7 heteroatoms. The van der Waals surface area contributed by atoms with Crippen molar-refractivity contribution in [3.8, 4) is 0 Å². The zero-order valence-electron chi connectivity index (χ0n) is 8.94. The number of hydrogen-bond acceptors (Lipinski definition) is 4. The molecule has 90 valence electrons. The van der Waals surface area contributed by atoms with E-state index in [0.29, 0.717) is 6.54 Å². The molecule has 0 radical (unpaired) electrons. The van der Waals surface area contributed by atoms with Crippen LogP contribution >= 0.6 is 0 Å². The third-order valence-corrected chi connectivity index (χ3v) is 4.06. The molecule has 0 spiro atoms. The lowest BCUT2D eigenvalue weighted by atomic mass is 10.3. The maximum Gasteiger partial charge on any atom is 0.213 e. The molecule has 1 unspecified atom stereocenters. The lowest BCUT2D eigenvalue weighted by Gasteiger charge is -2.11. The summed E-state index contributed by atoms with van der Waals surface area (Å²) in [6.07, 6.45) is 5.28. The van der Waals surface area contributed by atoms with Crippen molar-refractivity contribution in [2.75, 3.05) is 12.3 Å². The smallest absolute Gasteiger partial charge is 0.213 e. The van der Waals surface area contributed by atoms with Crippen molar-refractivity contribution in [2.24, 2.45) is 0 Å². The highest BCUT2D eigenvalue weighted by Gasteiger charge is 2.21. The van der Waals surface area contributed by atoms with E-state index in [4.69, 9.17) is 0 Å². The number of nitrogens with one attached hydrogen (secondary N) is 3. The summed E-state index contributed by atoms with van der Waals surface area (Å²) in [5.41, 5.74) is 0.836. The SMILES string of the molecule is O=S(=O)(CC1CCCN1)NCc1cn[nH]c1. The van der Waals surface area contributed by atoms with Gasteiger partial charge in [0.25, 0.3) is 0 Å². The fourth-order valence-corrected chi connectivity index (χ4v) is 3.11. The Kier molecular flexibility index (Phi) is 3.57. The molecule has 16 heavy (non-hydrogen) atoms. The molecule has 0 bridgehead atoms. The minimum absolute atomic E-state index is 0.0989. The van der Waals surface area contributed by atoms with Crippen LogP contribution in [-0.2, 0) is 16.6 Å². The Bertz CT molecular complexity index is 409. The zero-order chi connectivity index (χ0) is 11.4. The van der Waals surface area contributed by atoms with Gasteiger partial charge in [-0.2, -0.15) is 5.10 Å². The molecular formula is C9H16N4O2S. The maximum atomic E-state index is 11.7. The van der Waals surface area contributed by atoms with Gasteiger partial charge in [-0.1, -0.05) is 0 Å². The van der Waals surface area contributed by atoms with Crippen LogP contribution in [0, 0.1) is 0 Å². The number of rotatable bonds is 5. The van der Waals surface area contributed by atoms with Crippen molar-refractivity contribution in [1.82, 2.24) is 20.2 Å². The minimum Gasteiger partial charge on any atom is -0.313 e. The Balaban J connectivity index is 1.82. The van der Waals surface area contributed by atoms with Gasteiger partial charge in [-0.05, 0) is 19.4 Å². The molecule has 1 saturated heterocycles. The summed E-state index contributed by atoms with van der Waals surface area (Å²) in [5, 5.41) is 9.56. The monoisotopic (exact) mass is 244 g/mol. The summed E-state index contributed by atoms with van der Waals surface area (Å²) in [5.74, 6) is 0.158. The second-order valence-electron chi connectivity index (χ2n) is 4.00. The number of aromatic nitrogens is 2. The Morgan fingerprint density at radius 1 is 1.56 bits per heavy atom.